The standard InChI is InChI=1S/C10H22O5/c1-2-3-5-15-10(12)9-14-8-7-13-6-4-11/h10-12H,2-9H2,1H3. The third-order valence-electron chi connectivity index (χ3n) is 1.68. The second-order valence-electron chi connectivity index (χ2n) is 3.09. The molecule has 0 aliphatic carbocycles. The summed E-state index contributed by atoms with van der Waals surface area (Å²) in [7, 11) is 0. The van der Waals surface area contributed by atoms with Gasteiger partial charge in [-0.1, -0.05) is 13.3 Å². The molecule has 1 unspecified atom stereocenters. The minimum atomic E-state index is -0.852. The lowest BCUT2D eigenvalue weighted by atomic mass is 10.4. The molecule has 0 aromatic heterocycles. The van der Waals surface area contributed by atoms with Gasteiger partial charge in [-0.25, -0.2) is 0 Å². The maximum absolute atomic E-state index is 9.25. The molecule has 2 N–H and O–H groups in total. The van der Waals surface area contributed by atoms with Crippen LogP contribution in [0.5, 0.6) is 0 Å². The molecule has 92 valence electrons. The van der Waals surface area contributed by atoms with E-state index >= 15 is 0 Å². The molecule has 0 fully saturated rings. The number of hydrogen-bond donors (Lipinski definition) is 2. The maximum Gasteiger partial charge on any atom is 0.178 e. The van der Waals surface area contributed by atoms with Crippen molar-refractivity contribution in [3.63, 3.8) is 0 Å². The van der Waals surface area contributed by atoms with Crippen molar-refractivity contribution in [1.29, 1.82) is 0 Å². The molecular weight excluding hydrogens is 200 g/mol. The molecule has 0 rings (SSSR count). The highest BCUT2D eigenvalue weighted by Crippen LogP contribution is 1.93. The highest BCUT2D eigenvalue weighted by atomic mass is 16.6. The number of rotatable bonds is 11. The molecule has 0 saturated carbocycles. The highest BCUT2D eigenvalue weighted by Gasteiger charge is 2.02. The van der Waals surface area contributed by atoms with E-state index in [2.05, 4.69) is 6.92 Å². The molecule has 0 heterocycles. The monoisotopic (exact) mass is 222 g/mol. The van der Waals surface area contributed by atoms with Gasteiger partial charge in [0.25, 0.3) is 0 Å². The van der Waals surface area contributed by atoms with Crippen LogP contribution in [0.2, 0.25) is 0 Å². The molecule has 0 aliphatic heterocycles. The van der Waals surface area contributed by atoms with Gasteiger partial charge in [0.15, 0.2) is 6.29 Å². The van der Waals surface area contributed by atoms with E-state index in [0.29, 0.717) is 26.4 Å². The van der Waals surface area contributed by atoms with Crippen molar-refractivity contribution in [3.8, 4) is 0 Å². The average molecular weight is 222 g/mol. The summed E-state index contributed by atoms with van der Waals surface area (Å²) in [5, 5.41) is 17.7. The summed E-state index contributed by atoms with van der Waals surface area (Å²) in [6, 6.07) is 0. The van der Waals surface area contributed by atoms with Crippen LogP contribution < -0.4 is 0 Å². The number of ether oxygens (including phenoxy) is 3. The Kier molecular flexibility index (Phi) is 11.7. The Labute approximate surface area is 91.0 Å². The van der Waals surface area contributed by atoms with Crippen LogP contribution in [0.15, 0.2) is 0 Å². The van der Waals surface area contributed by atoms with Crippen molar-refractivity contribution in [2.75, 3.05) is 39.6 Å². The number of hydrogen-bond acceptors (Lipinski definition) is 5. The van der Waals surface area contributed by atoms with Crippen LogP contribution in [0.1, 0.15) is 19.8 Å². The van der Waals surface area contributed by atoms with Crippen molar-refractivity contribution in [2.24, 2.45) is 0 Å². The Hall–Kier alpha value is -0.200. The first kappa shape index (κ1) is 14.8. The lowest BCUT2D eigenvalue weighted by Gasteiger charge is -2.12. The summed E-state index contributed by atoms with van der Waals surface area (Å²) in [6.45, 7) is 3.93. The quantitative estimate of drug-likeness (QED) is 0.384. The van der Waals surface area contributed by atoms with Crippen molar-refractivity contribution in [3.05, 3.63) is 0 Å². The number of unbranched alkanes of at least 4 members (excludes halogenated alkanes) is 1. The number of aliphatic hydroxyl groups excluding tert-OH is 2. The van der Waals surface area contributed by atoms with E-state index in [4.69, 9.17) is 19.3 Å². The first-order valence-electron chi connectivity index (χ1n) is 5.37. The SMILES string of the molecule is CCCCOC(O)COCCOCCO. The molecule has 1 atom stereocenters. The Morgan fingerprint density at radius 2 is 1.80 bits per heavy atom. The molecule has 0 spiro atoms. The third kappa shape index (κ3) is 11.7. The van der Waals surface area contributed by atoms with Crippen LogP contribution in [-0.4, -0.2) is 56.1 Å². The van der Waals surface area contributed by atoms with E-state index in [-0.39, 0.29) is 13.2 Å². The van der Waals surface area contributed by atoms with Crippen molar-refractivity contribution in [1.82, 2.24) is 0 Å². The normalized spacial score (nSPS) is 13.0. The van der Waals surface area contributed by atoms with Gasteiger partial charge in [0.05, 0.1) is 33.0 Å². The van der Waals surface area contributed by atoms with Crippen LogP contribution in [-0.2, 0) is 14.2 Å². The molecule has 0 aromatic rings. The van der Waals surface area contributed by atoms with Gasteiger partial charge in [0, 0.05) is 6.61 Å². The van der Waals surface area contributed by atoms with Crippen LogP contribution >= 0.6 is 0 Å². The molecule has 0 radical (unpaired) electrons. The van der Waals surface area contributed by atoms with Crippen molar-refractivity contribution < 1.29 is 24.4 Å². The van der Waals surface area contributed by atoms with Crippen LogP contribution in [0.3, 0.4) is 0 Å². The fourth-order valence-corrected chi connectivity index (χ4v) is 0.880. The highest BCUT2D eigenvalue weighted by molar-refractivity contribution is 4.40. The van der Waals surface area contributed by atoms with E-state index in [1.807, 2.05) is 0 Å². The minimum Gasteiger partial charge on any atom is -0.394 e. The second kappa shape index (κ2) is 11.9. The summed E-state index contributed by atoms with van der Waals surface area (Å²) in [5.41, 5.74) is 0. The predicted molar refractivity (Wildman–Crippen MR) is 55.6 cm³/mol. The Morgan fingerprint density at radius 3 is 2.47 bits per heavy atom. The van der Waals surface area contributed by atoms with Gasteiger partial charge >= 0.3 is 0 Å². The van der Waals surface area contributed by atoms with Crippen LogP contribution in [0, 0.1) is 0 Å². The van der Waals surface area contributed by atoms with E-state index in [1.54, 1.807) is 0 Å². The van der Waals surface area contributed by atoms with E-state index < -0.39 is 6.29 Å². The fourth-order valence-electron chi connectivity index (χ4n) is 0.880. The summed E-state index contributed by atoms with van der Waals surface area (Å²) < 4.78 is 15.1. The summed E-state index contributed by atoms with van der Waals surface area (Å²) in [5.74, 6) is 0. The maximum atomic E-state index is 9.25. The largest absolute Gasteiger partial charge is 0.394 e. The van der Waals surface area contributed by atoms with E-state index in [9.17, 15) is 5.11 Å². The van der Waals surface area contributed by atoms with Gasteiger partial charge in [0.2, 0.25) is 0 Å². The first-order chi connectivity index (χ1) is 7.31. The van der Waals surface area contributed by atoms with Gasteiger partial charge in [-0.15, -0.1) is 0 Å². The minimum absolute atomic E-state index is 0.0166. The third-order valence-corrected chi connectivity index (χ3v) is 1.68. The van der Waals surface area contributed by atoms with Gasteiger partial charge in [0.1, 0.15) is 0 Å². The summed E-state index contributed by atoms with van der Waals surface area (Å²) >= 11 is 0. The van der Waals surface area contributed by atoms with Gasteiger partial charge in [-0.3, -0.25) is 0 Å². The number of aliphatic hydroxyl groups is 2. The van der Waals surface area contributed by atoms with Crippen LogP contribution in [0.25, 0.3) is 0 Å². The zero-order valence-electron chi connectivity index (χ0n) is 9.35. The Morgan fingerprint density at radius 1 is 1.07 bits per heavy atom. The summed E-state index contributed by atoms with van der Waals surface area (Å²) in [4.78, 5) is 0. The average Bonchev–Trinajstić information content (AvgIpc) is 2.23. The lowest BCUT2D eigenvalue weighted by Crippen LogP contribution is -2.21. The molecule has 0 bridgehead atoms. The smallest absolute Gasteiger partial charge is 0.178 e. The van der Waals surface area contributed by atoms with Crippen molar-refractivity contribution >= 4 is 0 Å². The second-order valence-corrected chi connectivity index (χ2v) is 3.09. The van der Waals surface area contributed by atoms with E-state index in [0.717, 1.165) is 12.8 Å². The molecule has 0 aromatic carbocycles. The van der Waals surface area contributed by atoms with Gasteiger partial charge < -0.3 is 24.4 Å². The van der Waals surface area contributed by atoms with E-state index in [1.165, 1.54) is 0 Å². The first-order valence-corrected chi connectivity index (χ1v) is 5.37. The Bertz CT molecular complexity index is 120. The van der Waals surface area contributed by atoms with Crippen molar-refractivity contribution in [2.45, 2.75) is 26.1 Å². The molecule has 5 nitrogen and oxygen atoms in total. The zero-order valence-corrected chi connectivity index (χ0v) is 9.35. The fraction of sp³-hybridized carbons (Fsp3) is 1.00. The lowest BCUT2D eigenvalue weighted by molar-refractivity contribution is -0.141. The Balaban J connectivity index is 3.06. The molecular formula is C10H22O5. The van der Waals surface area contributed by atoms with Gasteiger partial charge in [-0.05, 0) is 6.42 Å². The molecule has 5 heteroatoms. The van der Waals surface area contributed by atoms with Gasteiger partial charge in [-0.2, -0.15) is 0 Å². The molecule has 0 saturated heterocycles. The molecule has 0 aliphatic rings. The predicted octanol–water partition coefficient (Wildman–Crippen LogP) is 0.147. The summed E-state index contributed by atoms with van der Waals surface area (Å²) in [6.07, 6.45) is 1.13. The topological polar surface area (TPSA) is 68.2 Å². The van der Waals surface area contributed by atoms with Crippen LogP contribution in [0.4, 0.5) is 0 Å². The molecule has 15 heavy (non-hydrogen) atoms. The molecule has 0 amide bonds. The zero-order chi connectivity index (χ0) is 11.4.